The van der Waals surface area contributed by atoms with E-state index in [4.69, 9.17) is 5.11 Å². The van der Waals surface area contributed by atoms with Gasteiger partial charge in [-0.1, -0.05) is 0 Å². The van der Waals surface area contributed by atoms with Gasteiger partial charge in [0.05, 0.1) is 17.7 Å². The number of aromatic nitrogens is 1. The van der Waals surface area contributed by atoms with E-state index in [2.05, 4.69) is 9.72 Å². The van der Waals surface area contributed by atoms with E-state index in [0.29, 0.717) is 0 Å². The van der Waals surface area contributed by atoms with Crippen molar-refractivity contribution in [3.05, 3.63) is 21.0 Å². The van der Waals surface area contributed by atoms with Crippen LogP contribution in [0, 0.1) is 3.70 Å². The third kappa shape index (κ3) is 4.68. The van der Waals surface area contributed by atoms with Crippen LogP contribution in [-0.4, -0.2) is 22.4 Å². The van der Waals surface area contributed by atoms with Gasteiger partial charge in [-0.05, 0) is 28.7 Å². The van der Waals surface area contributed by atoms with E-state index in [1.165, 1.54) is 22.6 Å². The molecule has 0 saturated heterocycles. The minimum absolute atomic E-state index is 0.0839. The number of carboxylic acid groups (broad SMARTS) is 1. The highest BCUT2D eigenvalue weighted by molar-refractivity contribution is 14.1. The molecule has 0 saturated carbocycles. The van der Waals surface area contributed by atoms with E-state index in [9.17, 15) is 31.1 Å². The molecule has 0 unspecified atom stereocenters. The number of hydrogen-bond acceptors (Lipinski definition) is 3. The lowest BCUT2D eigenvalue weighted by Gasteiger charge is -2.15. The molecule has 0 amide bonds. The minimum Gasteiger partial charge on any atom is -0.481 e. The standard InChI is InChI=1S/C9H4F6INO3/c10-8(11,12)3-1-5(20-9(13,14)15)7(16)17-4(3)2-6(18)19/h1H,2H2,(H,18,19). The molecule has 0 aliphatic heterocycles. The first kappa shape index (κ1) is 16.8. The van der Waals surface area contributed by atoms with Crippen molar-refractivity contribution in [2.24, 2.45) is 0 Å². The Bertz CT molecular complexity index is 528. The number of alkyl halides is 6. The van der Waals surface area contributed by atoms with Crippen molar-refractivity contribution < 1.29 is 41.0 Å². The van der Waals surface area contributed by atoms with Crippen LogP contribution in [0.3, 0.4) is 0 Å². The molecule has 0 fully saturated rings. The Kier molecular flexibility index (Phi) is 4.71. The molecule has 112 valence electrons. The Hall–Kier alpha value is -1.27. The summed E-state index contributed by atoms with van der Waals surface area (Å²) >= 11 is 1.22. The maximum Gasteiger partial charge on any atom is 0.573 e. The fraction of sp³-hybridized carbons (Fsp3) is 0.333. The monoisotopic (exact) mass is 415 g/mol. The van der Waals surface area contributed by atoms with Gasteiger partial charge in [-0.3, -0.25) is 4.79 Å². The van der Waals surface area contributed by atoms with Gasteiger partial charge in [-0.2, -0.15) is 13.2 Å². The van der Waals surface area contributed by atoms with Gasteiger partial charge in [0.1, 0.15) is 3.70 Å². The maximum absolute atomic E-state index is 12.7. The van der Waals surface area contributed by atoms with E-state index in [1.807, 2.05) is 0 Å². The van der Waals surface area contributed by atoms with Gasteiger partial charge in [-0.15, -0.1) is 13.2 Å². The van der Waals surface area contributed by atoms with Gasteiger partial charge in [0.25, 0.3) is 0 Å². The average molecular weight is 415 g/mol. The van der Waals surface area contributed by atoms with Crippen LogP contribution in [0.1, 0.15) is 11.3 Å². The number of halogens is 7. The fourth-order valence-corrected chi connectivity index (χ4v) is 1.78. The first-order chi connectivity index (χ1) is 8.90. The van der Waals surface area contributed by atoms with Gasteiger partial charge in [0.15, 0.2) is 5.75 Å². The molecule has 20 heavy (non-hydrogen) atoms. The lowest BCUT2D eigenvalue weighted by molar-refractivity contribution is -0.275. The van der Waals surface area contributed by atoms with Crippen LogP contribution in [0.4, 0.5) is 26.3 Å². The molecule has 1 heterocycles. The maximum atomic E-state index is 12.7. The van der Waals surface area contributed by atoms with Gasteiger partial charge in [-0.25, -0.2) is 4.98 Å². The van der Waals surface area contributed by atoms with E-state index >= 15 is 0 Å². The smallest absolute Gasteiger partial charge is 0.481 e. The summed E-state index contributed by atoms with van der Waals surface area (Å²) in [4.78, 5) is 13.7. The lowest BCUT2D eigenvalue weighted by atomic mass is 10.1. The molecule has 0 radical (unpaired) electrons. The van der Waals surface area contributed by atoms with Crippen molar-refractivity contribution >= 4 is 28.6 Å². The number of carboxylic acids is 1. The Balaban J connectivity index is 3.36. The number of rotatable bonds is 3. The third-order valence-corrected chi connectivity index (χ3v) is 2.65. The Labute approximate surface area is 120 Å². The van der Waals surface area contributed by atoms with E-state index in [1.54, 1.807) is 0 Å². The molecular formula is C9H4F6INO3. The zero-order chi connectivity index (χ0) is 15.7. The van der Waals surface area contributed by atoms with Gasteiger partial charge < -0.3 is 9.84 Å². The zero-order valence-electron chi connectivity index (χ0n) is 9.14. The number of nitrogens with zero attached hydrogens (tertiary/aromatic N) is 1. The van der Waals surface area contributed by atoms with E-state index in [0.717, 1.165) is 0 Å². The Morgan fingerprint density at radius 2 is 1.85 bits per heavy atom. The molecule has 1 aromatic rings. The molecule has 0 aromatic carbocycles. The number of aliphatic carboxylic acids is 1. The molecule has 1 aromatic heterocycles. The molecule has 1 N–H and O–H groups in total. The highest BCUT2D eigenvalue weighted by Gasteiger charge is 2.38. The molecular weight excluding hydrogens is 411 g/mol. The molecule has 1 rings (SSSR count). The normalized spacial score (nSPS) is 12.3. The Morgan fingerprint density at radius 3 is 2.25 bits per heavy atom. The number of ether oxygens (including phenoxy) is 1. The number of pyridine rings is 1. The molecule has 0 aliphatic carbocycles. The molecule has 11 heteroatoms. The van der Waals surface area contributed by atoms with Crippen molar-refractivity contribution in [1.29, 1.82) is 0 Å². The molecule has 0 atom stereocenters. The summed E-state index contributed by atoms with van der Waals surface area (Å²) in [5.74, 6) is -2.73. The highest BCUT2D eigenvalue weighted by atomic mass is 127. The molecule has 0 bridgehead atoms. The summed E-state index contributed by atoms with van der Waals surface area (Å²) in [6, 6.07) is 0.0839. The summed E-state index contributed by atoms with van der Waals surface area (Å²) in [6.45, 7) is 0. The van der Waals surface area contributed by atoms with Crippen molar-refractivity contribution in [1.82, 2.24) is 4.98 Å². The summed E-state index contributed by atoms with van der Waals surface area (Å²) in [7, 11) is 0. The zero-order valence-corrected chi connectivity index (χ0v) is 11.3. The summed E-state index contributed by atoms with van der Waals surface area (Å²) in [6.07, 6.45) is -11.3. The second-order valence-corrected chi connectivity index (χ2v) is 4.41. The van der Waals surface area contributed by atoms with Crippen molar-refractivity contribution in [2.45, 2.75) is 19.0 Å². The third-order valence-electron chi connectivity index (χ3n) is 1.87. The van der Waals surface area contributed by atoms with E-state index in [-0.39, 0.29) is 6.07 Å². The van der Waals surface area contributed by atoms with Crippen LogP contribution in [0.5, 0.6) is 5.75 Å². The van der Waals surface area contributed by atoms with Crippen LogP contribution in [0.15, 0.2) is 6.07 Å². The summed E-state index contributed by atoms with van der Waals surface area (Å²) in [5.41, 5.74) is -2.47. The van der Waals surface area contributed by atoms with Gasteiger partial charge >= 0.3 is 18.5 Å². The SMILES string of the molecule is O=C(O)Cc1nc(I)c(OC(F)(F)F)cc1C(F)(F)F. The van der Waals surface area contributed by atoms with Gasteiger partial charge in [0.2, 0.25) is 0 Å². The topological polar surface area (TPSA) is 59.4 Å². The van der Waals surface area contributed by atoms with Crippen LogP contribution in [0.2, 0.25) is 0 Å². The van der Waals surface area contributed by atoms with Gasteiger partial charge in [0, 0.05) is 0 Å². The second-order valence-electron chi connectivity index (χ2n) is 3.39. The number of hydrogen-bond donors (Lipinski definition) is 1. The minimum atomic E-state index is -5.18. The largest absolute Gasteiger partial charge is 0.573 e. The van der Waals surface area contributed by atoms with E-state index < -0.39 is 45.6 Å². The summed E-state index contributed by atoms with van der Waals surface area (Å²) < 4.78 is 77.0. The highest BCUT2D eigenvalue weighted by Crippen LogP contribution is 2.36. The summed E-state index contributed by atoms with van der Waals surface area (Å²) in [5, 5.41) is 8.48. The van der Waals surface area contributed by atoms with Crippen LogP contribution in [-0.2, 0) is 17.4 Å². The predicted molar refractivity (Wildman–Crippen MR) is 60.0 cm³/mol. The quantitative estimate of drug-likeness (QED) is 0.468. The first-order valence-corrected chi connectivity index (χ1v) is 5.72. The van der Waals surface area contributed by atoms with Crippen LogP contribution in [0.25, 0.3) is 0 Å². The number of carbonyl (C=O) groups is 1. The Morgan fingerprint density at radius 1 is 1.30 bits per heavy atom. The molecule has 0 aliphatic rings. The van der Waals surface area contributed by atoms with Crippen LogP contribution >= 0.6 is 22.6 Å². The van der Waals surface area contributed by atoms with Crippen molar-refractivity contribution in [3.63, 3.8) is 0 Å². The first-order valence-electron chi connectivity index (χ1n) is 4.64. The second kappa shape index (κ2) is 5.61. The van der Waals surface area contributed by atoms with Crippen molar-refractivity contribution in [3.8, 4) is 5.75 Å². The fourth-order valence-electron chi connectivity index (χ4n) is 1.23. The van der Waals surface area contributed by atoms with Crippen molar-refractivity contribution in [2.75, 3.05) is 0 Å². The molecule has 0 spiro atoms. The lowest BCUT2D eigenvalue weighted by Crippen LogP contribution is -2.21. The average Bonchev–Trinajstić information content (AvgIpc) is 2.17. The van der Waals surface area contributed by atoms with Crippen LogP contribution < -0.4 is 4.74 Å². The predicted octanol–water partition coefficient (Wildman–Crippen LogP) is 3.23. The molecule has 4 nitrogen and oxygen atoms in total.